The Labute approximate surface area is 97.3 Å². The van der Waals surface area contributed by atoms with Crippen molar-refractivity contribution in [3.63, 3.8) is 0 Å². The highest BCUT2D eigenvalue weighted by Gasteiger charge is 2.11. The van der Waals surface area contributed by atoms with Gasteiger partial charge in [-0.25, -0.2) is 4.79 Å². The van der Waals surface area contributed by atoms with Crippen LogP contribution in [0.4, 0.5) is 0 Å². The molecule has 0 aliphatic heterocycles. The molecule has 1 unspecified atom stereocenters. The zero-order valence-corrected chi connectivity index (χ0v) is 9.90. The predicted octanol–water partition coefficient (Wildman–Crippen LogP) is 1.94. The van der Waals surface area contributed by atoms with Crippen LogP contribution in [-0.2, 0) is 4.79 Å². The average Bonchev–Trinajstić information content (AvgIpc) is 2.26. The number of aliphatic hydroxyl groups excluding tert-OH is 2. The lowest BCUT2D eigenvalue weighted by Gasteiger charge is -2.04. The van der Waals surface area contributed by atoms with Crippen LogP contribution in [0.25, 0.3) is 0 Å². The van der Waals surface area contributed by atoms with E-state index in [4.69, 9.17) is 15.3 Å². The molecule has 0 fully saturated rings. The maximum Gasteiger partial charge on any atom is 0.332 e. The van der Waals surface area contributed by atoms with E-state index in [2.05, 4.69) is 0 Å². The first-order chi connectivity index (χ1) is 7.68. The van der Waals surface area contributed by atoms with Gasteiger partial charge in [-0.15, -0.1) is 0 Å². The minimum absolute atomic E-state index is 0.285. The first kappa shape index (κ1) is 15.4. The van der Waals surface area contributed by atoms with Crippen molar-refractivity contribution in [2.75, 3.05) is 6.61 Å². The Bertz CT molecular complexity index is 170. The number of rotatable bonds is 11. The number of hydrogen-bond donors (Lipinski definition) is 3. The molecule has 0 aromatic carbocycles. The van der Waals surface area contributed by atoms with Gasteiger partial charge in [0.25, 0.3) is 0 Å². The number of carboxylic acids is 1. The molecule has 0 amide bonds. The van der Waals surface area contributed by atoms with Gasteiger partial charge in [-0.05, 0) is 12.8 Å². The molecule has 0 radical (unpaired) electrons. The van der Waals surface area contributed by atoms with Crippen molar-refractivity contribution in [1.82, 2.24) is 0 Å². The molecule has 0 heterocycles. The van der Waals surface area contributed by atoms with Crippen LogP contribution in [0.2, 0.25) is 0 Å². The minimum Gasteiger partial charge on any atom is -0.479 e. The normalized spacial score (nSPS) is 12.6. The van der Waals surface area contributed by atoms with Crippen LogP contribution >= 0.6 is 0 Å². The Hall–Kier alpha value is -0.610. The number of aliphatic hydroxyl groups is 2. The molecule has 0 bridgehead atoms. The van der Waals surface area contributed by atoms with E-state index in [-0.39, 0.29) is 6.61 Å². The summed E-state index contributed by atoms with van der Waals surface area (Å²) in [7, 11) is 0. The van der Waals surface area contributed by atoms with Crippen LogP contribution in [0.5, 0.6) is 0 Å². The van der Waals surface area contributed by atoms with Crippen molar-refractivity contribution in [1.29, 1.82) is 0 Å². The van der Waals surface area contributed by atoms with Crippen LogP contribution in [0.3, 0.4) is 0 Å². The molecule has 4 heteroatoms. The Kier molecular flexibility index (Phi) is 10.5. The Morgan fingerprint density at radius 3 is 1.75 bits per heavy atom. The van der Waals surface area contributed by atoms with E-state index < -0.39 is 12.1 Å². The molecule has 0 aliphatic carbocycles. The molecular formula is C12H24O4. The number of unbranched alkanes of at least 4 members (excludes halogenated alkanes) is 7. The van der Waals surface area contributed by atoms with Crippen LogP contribution in [0.15, 0.2) is 0 Å². The third-order valence-corrected chi connectivity index (χ3v) is 2.67. The van der Waals surface area contributed by atoms with Gasteiger partial charge in [0, 0.05) is 6.61 Å². The van der Waals surface area contributed by atoms with Gasteiger partial charge in [0.15, 0.2) is 6.10 Å². The molecule has 3 N–H and O–H groups in total. The zero-order valence-electron chi connectivity index (χ0n) is 9.90. The standard InChI is InChI=1S/C12H24O4/c13-10-8-6-4-2-1-3-5-7-9-11(14)12(15)16/h11,13-14H,1-10H2,(H,15,16). The average molecular weight is 232 g/mol. The van der Waals surface area contributed by atoms with Crippen molar-refractivity contribution < 1.29 is 20.1 Å². The number of carboxylic acid groups (broad SMARTS) is 1. The summed E-state index contributed by atoms with van der Waals surface area (Å²) in [4.78, 5) is 10.3. The van der Waals surface area contributed by atoms with E-state index in [1.807, 2.05) is 0 Å². The van der Waals surface area contributed by atoms with Gasteiger partial charge in [-0.2, -0.15) is 0 Å². The molecule has 0 saturated carbocycles. The van der Waals surface area contributed by atoms with Crippen molar-refractivity contribution in [2.45, 2.75) is 63.9 Å². The van der Waals surface area contributed by atoms with Crippen molar-refractivity contribution in [3.05, 3.63) is 0 Å². The summed E-state index contributed by atoms with van der Waals surface area (Å²) in [6, 6.07) is 0. The van der Waals surface area contributed by atoms with Gasteiger partial charge in [-0.3, -0.25) is 0 Å². The Balaban J connectivity index is 3.07. The van der Waals surface area contributed by atoms with Gasteiger partial charge in [0.2, 0.25) is 0 Å². The van der Waals surface area contributed by atoms with E-state index in [0.717, 1.165) is 44.9 Å². The molecule has 0 aliphatic rings. The van der Waals surface area contributed by atoms with E-state index >= 15 is 0 Å². The lowest BCUT2D eigenvalue weighted by Crippen LogP contribution is -2.18. The summed E-state index contributed by atoms with van der Waals surface area (Å²) in [5.74, 6) is -1.12. The highest BCUT2D eigenvalue weighted by Crippen LogP contribution is 2.10. The SMILES string of the molecule is O=C(O)C(O)CCCCCCCCCCO. The molecular weight excluding hydrogens is 208 g/mol. The molecule has 96 valence electrons. The largest absolute Gasteiger partial charge is 0.479 e. The number of carbonyl (C=O) groups is 1. The Morgan fingerprint density at radius 2 is 1.31 bits per heavy atom. The fourth-order valence-electron chi connectivity index (χ4n) is 1.63. The molecule has 0 spiro atoms. The molecule has 0 aromatic heterocycles. The van der Waals surface area contributed by atoms with Crippen LogP contribution in [-0.4, -0.2) is 34.0 Å². The van der Waals surface area contributed by atoms with E-state index in [1.54, 1.807) is 0 Å². The summed E-state index contributed by atoms with van der Waals surface area (Å²) in [5, 5.41) is 26.0. The Morgan fingerprint density at radius 1 is 0.875 bits per heavy atom. The zero-order chi connectivity index (χ0) is 12.2. The topological polar surface area (TPSA) is 77.8 Å². The third-order valence-electron chi connectivity index (χ3n) is 2.67. The molecule has 4 nitrogen and oxygen atoms in total. The highest BCUT2D eigenvalue weighted by molar-refractivity contribution is 5.71. The van der Waals surface area contributed by atoms with Gasteiger partial charge >= 0.3 is 5.97 Å². The third kappa shape index (κ3) is 9.93. The molecule has 0 rings (SSSR count). The summed E-state index contributed by atoms with van der Waals surface area (Å²) < 4.78 is 0. The van der Waals surface area contributed by atoms with Gasteiger partial charge in [-0.1, -0.05) is 44.9 Å². The number of hydrogen-bond acceptors (Lipinski definition) is 3. The van der Waals surface area contributed by atoms with Crippen LogP contribution in [0.1, 0.15) is 57.8 Å². The number of aliphatic carboxylic acids is 1. The lowest BCUT2D eigenvalue weighted by molar-refractivity contribution is -0.146. The second kappa shape index (κ2) is 10.9. The van der Waals surface area contributed by atoms with E-state index in [9.17, 15) is 4.79 Å². The summed E-state index contributed by atoms with van der Waals surface area (Å²) >= 11 is 0. The lowest BCUT2D eigenvalue weighted by atomic mass is 10.1. The second-order valence-electron chi connectivity index (χ2n) is 4.19. The smallest absolute Gasteiger partial charge is 0.332 e. The molecule has 16 heavy (non-hydrogen) atoms. The van der Waals surface area contributed by atoms with Crippen LogP contribution < -0.4 is 0 Å². The van der Waals surface area contributed by atoms with Crippen molar-refractivity contribution in [2.24, 2.45) is 0 Å². The first-order valence-corrected chi connectivity index (χ1v) is 6.20. The summed E-state index contributed by atoms with van der Waals surface area (Å²) in [6.07, 6.45) is 7.54. The van der Waals surface area contributed by atoms with Crippen molar-refractivity contribution in [3.8, 4) is 0 Å². The first-order valence-electron chi connectivity index (χ1n) is 6.20. The molecule has 0 aromatic rings. The molecule has 1 atom stereocenters. The van der Waals surface area contributed by atoms with Gasteiger partial charge in [0.05, 0.1) is 0 Å². The van der Waals surface area contributed by atoms with Gasteiger partial charge < -0.3 is 15.3 Å². The maximum atomic E-state index is 10.3. The highest BCUT2D eigenvalue weighted by atomic mass is 16.4. The van der Waals surface area contributed by atoms with Gasteiger partial charge in [0.1, 0.15) is 0 Å². The summed E-state index contributed by atoms with van der Waals surface area (Å²) in [6.45, 7) is 0.285. The maximum absolute atomic E-state index is 10.3. The second-order valence-corrected chi connectivity index (χ2v) is 4.19. The van der Waals surface area contributed by atoms with E-state index in [1.165, 1.54) is 6.42 Å². The van der Waals surface area contributed by atoms with E-state index in [0.29, 0.717) is 6.42 Å². The fraction of sp³-hybridized carbons (Fsp3) is 0.917. The predicted molar refractivity (Wildman–Crippen MR) is 62.3 cm³/mol. The monoisotopic (exact) mass is 232 g/mol. The minimum atomic E-state index is -1.19. The van der Waals surface area contributed by atoms with Crippen LogP contribution in [0, 0.1) is 0 Å². The summed E-state index contributed by atoms with van der Waals surface area (Å²) in [5.41, 5.74) is 0. The molecule has 0 saturated heterocycles. The quantitative estimate of drug-likeness (QED) is 0.476. The fourth-order valence-corrected chi connectivity index (χ4v) is 1.63. The van der Waals surface area contributed by atoms with Crippen molar-refractivity contribution >= 4 is 5.97 Å².